The van der Waals surface area contributed by atoms with Gasteiger partial charge in [0.05, 0.1) is 4.92 Å². The second-order valence-corrected chi connectivity index (χ2v) is 6.15. The highest BCUT2D eigenvalue weighted by Crippen LogP contribution is 2.28. The lowest BCUT2D eigenvalue weighted by Gasteiger charge is -2.17. The van der Waals surface area contributed by atoms with E-state index in [4.69, 9.17) is 5.73 Å². The number of likely N-dealkylation sites (tertiary alicyclic amines) is 1. The van der Waals surface area contributed by atoms with Gasteiger partial charge in [-0.2, -0.15) is 0 Å². The molecule has 0 bridgehead atoms. The summed E-state index contributed by atoms with van der Waals surface area (Å²) in [5, 5.41) is 10.9. The van der Waals surface area contributed by atoms with Gasteiger partial charge in [0.25, 0.3) is 11.6 Å². The summed E-state index contributed by atoms with van der Waals surface area (Å²) < 4.78 is 0. The Kier molecular flexibility index (Phi) is 5.77. The Labute approximate surface area is 152 Å². The minimum atomic E-state index is -0.444. The Morgan fingerprint density at radius 3 is 2.48 bits per heavy atom. The van der Waals surface area contributed by atoms with Gasteiger partial charge in [-0.05, 0) is 24.6 Å². The summed E-state index contributed by atoms with van der Waals surface area (Å²) in [5.74, 6) is -0.0313. The van der Waals surface area contributed by atoms with Crippen molar-refractivity contribution in [2.75, 3.05) is 13.1 Å². The molecule has 1 aliphatic heterocycles. The molecule has 2 aromatic carbocycles. The summed E-state index contributed by atoms with van der Waals surface area (Å²) >= 11 is 0. The molecular formula is C18H20ClN3O3. The van der Waals surface area contributed by atoms with Crippen LogP contribution in [0.5, 0.6) is 0 Å². The fourth-order valence-corrected chi connectivity index (χ4v) is 3.22. The Morgan fingerprint density at radius 2 is 1.88 bits per heavy atom. The van der Waals surface area contributed by atoms with Gasteiger partial charge in [0.1, 0.15) is 0 Å². The zero-order valence-electron chi connectivity index (χ0n) is 13.8. The van der Waals surface area contributed by atoms with Crippen molar-refractivity contribution in [3.8, 4) is 0 Å². The van der Waals surface area contributed by atoms with Crippen LogP contribution in [0.1, 0.15) is 27.4 Å². The van der Waals surface area contributed by atoms with E-state index < -0.39 is 4.92 Å². The lowest BCUT2D eigenvalue weighted by Crippen LogP contribution is -2.32. The molecule has 2 N–H and O–H groups in total. The monoisotopic (exact) mass is 361 g/mol. The maximum Gasteiger partial charge on any atom is 0.272 e. The van der Waals surface area contributed by atoms with Crippen molar-refractivity contribution in [3.05, 3.63) is 75.3 Å². The molecule has 0 unspecified atom stereocenters. The predicted octanol–water partition coefficient (Wildman–Crippen LogP) is 2.89. The molecule has 1 saturated heterocycles. The lowest BCUT2D eigenvalue weighted by atomic mass is 9.95. The van der Waals surface area contributed by atoms with E-state index in [9.17, 15) is 14.9 Å². The van der Waals surface area contributed by atoms with Gasteiger partial charge >= 0.3 is 0 Å². The average molecular weight is 362 g/mol. The first-order valence-electron chi connectivity index (χ1n) is 7.82. The molecule has 2 aromatic rings. The number of carbonyl (C=O) groups is 1. The molecule has 2 atom stereocenters. The van der Waals surface area contributed by atoms with E-state index in [1.54, 1.807) is 17.9 Å². The first kappa shape index (κ1) is 18.9. The van der Waals surface area contributed by atoms with E-state index in [1.807, 2.05) is 30.3 Å². The Morgan fingerprint density at radius 1 is 1.20 bits per heavy atom. The number of nitrogens with zero attached hydrogens (tertiary/aromatic N) is 2. The van der Waals surface area contributed by atoms with Gasteiger partial charge in [-0.15, -0.1) is 12.4 Å². The van der Waals surface area contributed by atoms with Crippen LogP contribution in [0.4, 0.5) is 5.69 Å². The van der Waals surface area contributed by atoms with Crippen LogP contribution in [-0.2, 0) is 0 Å². The zero-order valence-corrected chi connectivity index (χ0v) is 14.6. The van der Waals surface area contributed by atoms with E-state index in [1.165, 1.54) is 12.1 Å². The Hall–Kier alpha value is -2.44. The van der Waals surface area contributed by atoms with Crippen LogP contribution in [0.25, 0.3) is 0 Å². The maximum absolute atomic E-state index is 12.7. The second-order valence-electron chi connectivity index (χ2n) is 6.15. The molecule has 7 heteroatoms. The SMILES string of the molecule is Cc1cc(C(=O)N2C[C@@H](N)[C@H](c3ccccc3)C2)ccc1[N+](=O)[O-].Cl. The van der Waals surface area contributed by atoms with E-state index >= 15 is 0 Å². The molecule has 25 heavy (non-hydrogen) atoms. The fraction of sp³-hybridized carbons (Fsp3) is 0.278. The van der Waals surface area contributed by atoms with Gasteiger partial charge in [-0.25, -0.2) is 0 Å². The third-order valence-corrected chi connectivity index (χ3v) is 4.52. The summed E-state index contributed by atoms with van der Waals surface area (Å²) in [5.41, 5.74) is 8.31. The quantitative estimate of drug-likeness (QED) is 0.672. The van der Waals surface area contributed by atoms with Gasteiger partial charge in [-0.1, -0.05) is 30.3 Å². The van der Waals surface area contributed by atoms with Crippen molar-refractivity contribution in [1.82, 2.24) is 4.90 Å². The molecule has 6 nitrogen and oxygen atoms in total. The van der Waals surface area contributed by atoms with E-state index in [-0.39, 0.29) is 36.0 Å². The van der Waals surface area contributed by atoms with Crippen LogP contribution >= 0.6 is 12.4 Å². The minimum absolute atomic E-state index is 0. The van der Waals surface area contributed by atoms with E-state index in [0.717, 1.165) is 5.56 Å². The van der Waals surface area contributed by atoms with Gasteiger partial charge in [0.15, 0.2) is 0 Å². The number of benzene rings is 2. The molecule has 0 saturated carbocycles. The average Bonchev–Trinajstić information content (AvgIpc) is 2.96. The van der Waals surface area contributed by atoms with Crippen LogP contribution in [-0.4, -0.2) is 34.9 Å². The highest BCUT2D eigenvalue weighted by molar-refractivity contribution is 5.95. The van der Waals surface area contributed by atoms with Crippen LogP contribution in [0.15, 0.2) is 48.5 Å². The highest BCUT2D eigenvalue weighted by atomic mass is 35.5. The summed E-state index contributed by atoms with van der Waals surface area (Å²) in [6.07, 6.45) is 0. The van der Waals surface area contributed by atoms with Crippen molar-refractivity contribution in [2.45, 2.75) is 18.9 Å². The molecule has 1 fully saturated rings. The highest BCUT2D eigenvalue weighted by Gasteiger charge is 2.34. The topological polar surface area (TPSA) is 89.5 Å². The summed E-state index contributed by atoms with van der Waals surface area (Å²) in [7, 11) is 0. The number of aryl methyl sites for hydroxylation is 1. The molecular weight excluding hydrogens is 342 g/mol. The number of halogens is 1. The van der Waals surface area contributed by atoms with E-state index in [0.29, 0.717) is 24.2 Å². The van der Waals surface area contributed by atoms with Crippen LogP contribution in [0, 0.1) is 17.0 Å². The number of hydrogen-bond acceptors (Lipinski definition) is 4. The number of rotatable bonds is 3. The minimum Gasteiger partial charge on any atom is -0.336 e. The smallest absolute Gasteiger partial charge is 0.272 e. The van der Waals surface area contributed by atoms with Crippen molar-refractivity contribution in [1.29, 1.82) is 0 Å². The predicted molar refractivity (Wildman–Crippen MR) is 98.1 cm³/mol. The van der Waals surface area contributed by atoms with Gasteiger partial charge in [0, 0.05) is 42.2 Å². The van der Waals surface area contributed by atoms with Crippen molar-refractivity contribution >= 4 is 24.0 Å². The maximum atomic E-state index is 12.7. The number of nitrogens with two attached hydrogens (primary N) is 1. The number of hydrogen-bond donors (Lipinski definition) is 1. The molecule has 0 aliphatic carbocycles. The molecule has 3 rings (SSSR count). The van der Waals surface area contributed by atoms with Crippen LogP contribution in [0.2, 0.25) is 0 Å². The third kappa shape index (κ3) is 3.81. The van der Waals surface area contributed by atoms with Crippen LogP contribution < -0.4 is 5.73 Å². The molecule has 0 aromatic heterocycles. The number of nitro groups is 1. The zero-order chi connectivity index (χ0) is 17.3. The molecule has 0 spiro atoms. The van der Waals surface area contributed by atoms with Crippen LogP contribution in [0.3, 0.4) is 0 Å². The van der Waals surface area contributed by atoms with E-state index in [2.05, 4.69) is 0 Å². The Bertz CT molecular complexity index is 782. The number of carbonyl (C=O) groups excluding carboxylic acids is 1. The summed E-state index contributed by atoms with van der Waals surface area (Å²) in [6, 6.07) is 14.3. The summed E-state index contributed by atoms with van der Waals surface area (Å²) in [6.45, 7) is 2.67. The summed E-state index contributed by atoms with van der Waals surface area (Å²) in [4.78, 5) is 24.9. The van der Waals surface area contributed by atoms with Gasteiger partial charge in [0.2, 0.25) is 0 Å². The molecule has 132 valence electrons. The van der Waals surface area contributed by atoms with Gasteiger partial charge < -0.3 is 10.6 Å². The van der Waals surface area contributed by atoms with Gasteiger partial charge in [-0.3, -0.25) is 14.9 Å². The number of amides is 1. The third-order valence-electron chi connectivity index (χ3n) is 4.52. The van der Waals surface area contributed by atoms with Crippen molar-refractivity contribution in [3.63, 3.8) is 0 Å². The Balaban J connectivity index is 0.00000225. The molecule has 1 heterocycles. The standard InChI is InChI=1S/C18H19N3O3.ClH/c1-12-9-14(7-8-17(12)21(23)24)18(22)20-10-15(16(19)11-20)13-5-3-2-4-6-13;/h2-9,15-16H,10-11,19H2,1H3;1H/t15-,16+;/m0./s1. The molecule has 1 amide bonds. The normalized spacial score (nSPS) is 19.4. The second kappa shape index (κ2) is 7.63. The van der Waals surface area contributed by atoms with Crippen molar-refractivity contribution < 1.29 is 9.72 Å². The first-order chi connectivity index (χ1) is 11.5. The first-order valence-corrected chi connectivity index (χ1v) is 7.82. The lowest BCUT2D eigenvalue weighted by molar-refractivity contribution is -0.385. The largest absolute Gasteiger partial charge is 0.336 e. The van der Waals surface area contributed by atoms with Crippen molar-refractivity contribution in [2.24, 2.45) is 5.73 Å². The fourth-order valence-electron chi connectivity index (χ4n) is 3.22. The molecule has 0 radical (unpaired) electrons. The molecule has 1 aliphatic rings. The number of nitro benzene ring substituents is 1.